The number of hydrogen-bond acceptors (Lipinski definition) is 12. The molecule has 0 unspecified atom stereocenters. The number of phenols is 1. The molecule has 0 fully saturated rings. The van der Waals surface area contributed by atoms with E-state index in [0.717, 1.165) is 18.2 Å². The van der Waals surface area contributed by atoms with Crippen molar-refractivity contribution in [1.29, 1.82) is 0 Å². The van der Waals surface area contributed by atoms with E-state index in [-0.39, 0.29) is 34.9 Å². The molecule has 0 aliphatic rings. The Morgan fingerprint density at radius 2 is 1.56 bits per heavy atom. The summed E-state index contributed by atoms with van der Waals surface area (Å²) in [6.07, 6.45) is 0. The molecule has 3 aromatic rings. The van der Waals surface area contributed by atoms with Crippen LogP contribution in [-0.4, -0.2) is 71.3 Å². The molecule has 1 aromatic heterocycles. The molecule has 0 spiro atoms. The van der Waals surface area contributed by atoms with Crippen LogP contribution in [0, 0.1) is 6.07 Å². The molecular formula is C15H13ClN5O10S3. The highest BCUT2D eigenvalue weighted by molar-refractivity contribution is 7.86. The average molecular weight is 555 g/mol. The van der Waals surface area contributed by atoms with E-state index in [2.05, 4.69) is 25.6 Å². The van der Waals surface area contributed by atoms with Crippen LogP contribution in [0.4, 0.5) is 17.6 Å². The van der Waals surface area contributed by atoms with Gasteiger partial charge in [-0.3, -0.25) is 13.7 Å². The number of nitrogens with one attached hydrogen (secondary N) is 2. The number of benzene rings is 2. The Morgan fingerprint density at radius 3 is 2.15 bits per heavy atom. The van der Waals surface area contributed by atoms with Crippen LogP contribution in [0.2, 0.25) is 5.28 Å². The van der Waals surface area contributed by atoms with Crippen LogP contribution in [-0.2, 0) is 30.4 Å². The molecule has 0 saturated carbocycles. The van der Waals surface area contributed by atoms with E-state index in [9.17, 15) is 39.5 Å². The van der Waals surface area contributed by atoms with Crippen LogP contribution < -0.4 is 10.6 Å². The Labute approximate surface area is 197 Å². The maximum atomic E-state index is 11.7. The minimum absolute atomic E-state index is 0.197. The van der Waals surface area contributed by atoms with Gasteiger partial charge in [-0.2, -0.15) is 40.2 Å². The number of halogens is 1. The summed E-state index contributed by atoms with van der Waals surface area (Å²) in [6.45, 7) is -0.312. The molecule has 1 heterocycles. The predicted octanol–water partition coefficient (Wildman–Crippen LogP) is 0.721. The number of anilines is 3. The van der Waals surface area contributed by atoms with Gasteiger partial charge in [-0.05, 0) is 35.2 Å². The first-order valence-electron chi connectivity index (χ1n) is 8.58. The fourth-order valence-corrected chi connectivity index (χ4v) is 4.22. The van der Waals surface area contributed by atoms with E-state index < -0.39 is 56.9 Å². The Bertz CT molecular complexity index is 1610. The van der Waals surface area contributed by atoms with Gasteiger partial charge < -0.3 is 15.7 Å². The molecule has 0 aliphatic heterocycles. The summed E-state index contributed by atoms with van der Waals surface area (Å²) in [5.41, 5.74) is -0.257. The van der Waals surface area contributed by atoms with E-state index in [1.165, 1.54) is 0 Å². The zero-order chi connectivity index (χ0) is 25.5. The van der Waals surface area contributed by atoms with Gasteiger partial charge in [-0.25, -0.2) is 0 Å². The van der Waals surface area contributed by atoms with E-state index >= 15 is 0 Å². The third-order valence-electron chi connectivity index (χ3n) is 3.98. The van der Waals surface area contributed by atoms with Gasteiger partial charge in [0.15, 0.2) is 0 Å². The lowest BCUT2D eigenvalue weighted by Crippen LogP contribution is -2.16. The summed E-state index contributed by atoms with van der Waals surface area (Å²) in [5, 5.41) is 14.5. The molecule has 0 atom stereocenters. The quantitative estimate of drug-likeness (QED) is 0.210. The van der Waals surface area contributed by atoms with Crippen molar-refractivity contribution in [2.24, 2.45) is 0 Å². The lowest BCUT2D eigenvalue weighted by Gasteiger charge is -2.13. The Kier molecular flexibility index (Phi) is 6.86. The van der Waals surface area contributed by atoms with Crippen molar-refractivity contribution >= 4 is 70.3 Å². The molecule has 2 aromatic carbocycles. The summed E-state index contributed by atoms with van der Waals surface area (Å²) in [4.78, 5) is 9.75. The topological polar surface area (TPSA) is 246 Å². The summed E-state index contributed by atoms with van der Waals surface area (Å²) in [5.74, 6) is -2.09. The lowest BCUT2D eigenvalue weighted by atomic mass is 10.1. The molecule has 34 heavy (non-hydrogen) atoms. The van der Waals surface area contributed by atoms with Gasteiger partial charge in [0.1, 0.15) is 10.6 Å². The maximum absolute atomic E-state index is 11.7. The highest BCUT2D eigenvalue weighted by Gasteiger charge is 2.21. The van der Waals surface area contributed by atoms with Crippen LogP contribution in [0.5, 0.6) is 5.75 Å². The van der Waals surface area contributed by atoms with E-state index in [0.29, 0.717) is 0 Å². The zero-order valence-corrected chi connectivity index (χ0v) is 19.5. The average Bonchev–Trinajstić information content (AvgIpc) is 2.64. The molecule has 1 radical (unpaired) electrons. The van der Waals surface area contributed by atoms with Crippen LogP contribution in [0.1, 0.15) is 0 Å². The number of phenolic OH excluding ortho intramolecular Hbond substituents is 1. The van der Waals surface area contributed by atoms with Crippen LogP contribution >= 0.6 is 11.6 Å². The van der Waals surface area contributed by atoms with Crippen molar-refractivity contribution in [3.8, 4) is 5.75 Å². The van der Waals surface area contributed by atoms with Gasteiger partial charge in [0.05, 0.1) is 22.4 Å². The Hall–Kier alpha value is -2.87. The van der Waals surface area contributed by atoms with Crippen molar-refractivity contribution < 1.29 is 44.0 Å². The van der Waals surface area contributed by atoms with E-state index in [1.54, 1.807) is 0 Å². The summed E-state index contributed by atoms with van der Waals surface area (Å²) >= 11 is 5.81. The van der Waals surface area contributed by atoms with E-state index in [4.69, 9.17) is 16.2 Å². The van der Waals surface area contributed by atoms with Gasteiger partial charge in [-0.15, -0.1) is 0 Å². The number of nitrogens with zero attached hydrogens (tertiary/aromatic N) is 3. The number of aromatic hydroxyl groups is 1. The van der Waals surface area contributed by atoms with Crippen molar-refractivity contribution in [3.63, 3.8) is 0 Å². The van der Waals surface area contributed by atoms with Crippen molar-refractivity contribution in [2.75, 3.05) is 22.9 Å². The fraction of sp³-hybridized carbons (Fsp3) is 0.133. The molecule has 0 saturated heterocycles. The molecule has 19 heteroatoms. The second-order valence-electron chi connectivity index (χ2n) is 6.46. The van der Waals surface area contributed by atoms with Crippen molar-refractivity contribution in [2.45, 2.75) is 9.79 Å². The molecule has 0 aliphatic carbocycles. The number of fused-ring (bicyclic) bond motifs is 1. The number of hydrogen-bond donors (Lipinski definition) is 6. The SMILES string of the molecule is O=S(=O)(O)CCNc1nc(Cl)nc(Nc2cc(S(=O)(=O)O)cc3cc(S(=O)(=O)O)[c]c(O)c23)n1. The molecule has 0 amide bonds. The van der Waals surface area contributed by atoms with Crippen LogP contribution in [0.15, 0.2) is 28.0 Å². The summed E-state index contributed by atoms with van der Waals surface area (Å²) in [6, 6.07) is 4.53. The minimum atomic E-state index is -4.83. The molecule has 0 bridgehead atoms. The lowest BCUT2D eigenvalue weighted by molar-refractivity contribution is 0.469. The number of aromatic nitrogens is 3. The first kappa shape index (κ1) is 25.7. The van der Waals surface area contributed by atoms with Crippen LogP contribution in [0.25, 0.3) is 10.8 Å². The Balaban J connectivity index is 2.12. The smallest absolute Gasteiger partial charge is 0.295 e. The molecule has 183 valence electrons. The van der Waals surface area contributed by atoms with Gasteiger partial charge in [0.2, 0.25) is 17.2 Å². The molecule has 3 rings (SSSR count). The van der Waals surface area contributed by atoms with Gasteiger partial charge in [0.25, 0.3) is 30.4 Å². The summed E-state index contributed by atoms with van der Waals surface area (Å²) < 4.78 is 95.4. The van der Waals surface area contributed by atoms with Crippen molar-refractivity contribution in [3.05, 3.63) is 29.5 Å². The largest absolute Gasteiger partial charge is 0.507 e. The van der Waals surface area contributed by atoms with Crippen LogP contribution in [0.3, 0.4) is 0 Å². The fourth-order valence-electron chi connectivity index (χ4n) is 2.66. The normalized spacial score (nSPS) is 12.6. The molecular weight excluding hydrogens is 542 g/mol. The summed E-state index contributed by atoms with van der Waals surface area (Å²) in [7, 11) is -13.9. The molecule has 6 N–H and O–H groups in total. The van der Waals surface area contributed by atoms with E-state index in [1.807, 2.05) is 6.07 Å². The first-order valence-corrected chi connectivity index (χ1v) is 13.5. The maximum Gasteiger partial charge on any atom is 0.295 e. The minimum Gasteiger partial charge on any atom is -0.507 e. The second kappa shape index (κ2) is 9.06. The van der Waals surface area contributed by atoms with Crippen molar-refractivity contribution in [1.82, 2.24) is 15.0 Å². The second-order valence-corrected chi connectivity index (χ2v) is 11.2. The zero-order valence-electron chi connectivity index (χ0n) is 16.3. The van der Waals surface area contributed by atoms with Gasteiger partial charge in [0, 0.05) is 11.9 Å². The predicted molar refractivity (Wildman–Crippen MR) is 117 cm³/mol. The highest BCUT2D eigenvalue weighted by Crippen LogP contribution is 2.37. The Morgan fingerprint density at radius 1 is 0.912 bits per heavy atom. The monoisotopic (exact) mass is 554 g/mol. The first-order chi connectivity index (χ1) is 15.5. The number of rotatable bonds is 8. The van der Waals surface area contributed by atoms with Gasteiger partial charge in [-0.1, -0.05) is 0 Å². The molecule has 15 nitrogen and oxygen atoms in total. The highest BCUT2D eigenvalue weighted by atomic mass is 35.5. The third-order valence-corrected chi connectivity index (χ3v) is 6.48. The third kappa shape index (κ3) is 6.38. The van der Waals surface area contributed by atoms with Gasteiger partial charge >= 0.3 is 0 Å². The standard InChI is InChI=1S/C15H13ClN5O10S3/c16-13-19-14(17-1-2-32(23,24)25)21-15(20-13)18-10-5-8(33(26,27)28)3-7-4-9(34(29,30)31)6-11(22)12(7)10/h3-5,22H,1-2H2,(H,23,24,25)(H,26,27,28)(H,29,30,31)(H2,17,18,19,20,21).